The Balaban J connectivity index is 1.61. The number of anilines is 1. The lowest BCUT2D eigenvalue weighted by atomic mass is 10.2. The zero-order valence-corrected chi connectivity index (χ0v) is 12.2. The Kier molecular flexibility index (Phi) is 5.74. The van der Waals surface area contributed by atoms with Gasteiger partial charge in [-0.05, 0) is 38.9 Å². The topological polar surface area (TPSA) is 104 Å². The van der Waals surface area contributed by atoms with Crippen LogP contribution in [0.5, 0.6) is 0 Å². The molecule has 2 heterocycles. The smallest absolute Gasteiger partial charge is 0.252 e. The van der Waals surface area contributed by atoms with Gasteiger partial charge in [-0.15, -0.1) is 0 Å². The summed E-state index contributed by atoms with van der Waals surface area (Å²) in [5.41, 5.74) is 5.22. The van der Waals surface area contributed by atoms with Crippen molar-refractivity contribution >= 4 is 11.7 Å². The van der Waals surface area contributed by atoms with Gasteiger partial charge in [0.05, 0.1) is 0 Å². The van der Waals surface area contributed by atoms with Crippen molar-refractivity contribution in [3.05, 3.63) is 22.2 Å². The predicted octanol–water partition coefficient (Wildman–Crippen LogP) is -0.113. The van der Waals surface area contributed by atoms with Crippen LogP contribution >= 0.6 is 0 Å². The van der Waals surface area contributed by atoms with Crippen molar-refractivity contribution in [2.75, 3.05) is 31.9 Å². The third-order valence-electron chi connectivity index (χ3n) is 3.57. The van der Waals surface area contributed by atoms with Crippen molar-refractivity contribution in [3.8, 4) is 0 Å². The molecule has 21 heavy (non-hydrogen) atoms. The number of H-pyrrole nitrogens is 1. The number of nitrogens with zero attached hydrogens (tertiary/aromatic N) is 2. The standard InChI is InChI=1S/C14H23N5O2/c15-11-10-14(21)18-12(17-11)5-6-16-13(20)4-3-9-19-7-1-2-8-19/h10H,1-9H2,(H,16,20)(H3,15,17,18,21). The van der Waals surface area contributed by atoms with Gasteiger partial charge in [0.25, 0.3) is 5.56 Å². The van der Waals surface area contributed by atoms with E-state index >= 15 is 0 Å². The van der Waals surface area contributed by atoms with Gasteiger partial charge in [0.1, 0.15) is 11.6 Å². The molecule has 1 aromatic heterocycles. The highest BCUT2D eigenvalue weighted by molar-refractivity contribution is 5.75. The average molecular weight is 293 g/mol. The minimum absolute atomic E-state index is 0.0421. The largest absolute Gasteiger partial charge is 0.383 e. The van der Waals surface area contributed by atoms with Crippen LogP contribution in [-0.2, 0) is 11.2 Å². The summed E-state index contributed by atoms with van der Waals surface area (Å²) in [4.78, 5) is 31.9. The molecule has 2 rings (SSSR count). The minimum atomic E-state index is -0.269. The number of aromatic amines is 1. The van der Waals surface area contributed by atoms with Gasteiger partial charge in [-0.25, -0.2) is 4.98 Å². The summed E-state index contributed by atoms with van der Waals surface area (Å²) >= 11 is 0. The average Bonchev–Trinajstić information content (AvgIpc) is 2.91. The molecule has 116 valence electrons. The van der Waals surface area contributed by atoms with Crippen LogP contribution in [0.15, 0.2) is 10.9 Å². The molecule has 7 nitrogen and oxygen atoms in total. The number of hydrogen-bond donors (Lipinski definition) is 3. The summed E-state index contributed by atoms with van der Waals surface area (Å²) in [6.07, 6.45) is 4.45. The van der Waals surface area contributed by atoms with Gasteiger partial charge in [-0.2, -0.15) is 0 Å². The Hall–Kier alpha value is -1.89. The van der Waals surface area contributed by atoms with Gasteiger partial charge in [-0.3, -0.25) is 9.59 Å². The fourth-order valence-electron chi connectivity index (χ4n) is 2.53. The number of nitrogens with two attached hydrogens (primary N) is 1. The third kappa shape index (κ3) is 5.55. The highest BCUT2D eigenvalue weighted by Crippen LogP contribution is 2.08. The zero-order valence-electron chi connectivity index (χ0n) is 12.2. The third-order valence-corrected chi connectivity index (χ3v) is 3.57. The molecule has 0 bridgehead atoms. The van der Waals surface area contributed by atoms with Gasteiger partial charge >= 0.3 is 0 Å². The van der Waals surface area contributed by atoms with Crippen molar-refractivity contribution in [3.63, 3.8) is 0 Å². The quantitative estimate of drug-likeness (QED) is 0.650. The summed E-state index contributed by atoms with van der Waals surface area (Å²) in [5.74, 6) is 0.739. The molecular formula is C14H23N5O2. The second-order valence-corrected chi connectivity index (χ2v) is 5.37. The molecule has 0 saturated carbocycles. The molecule has 1 aliphatic rings. The van der Waals surface area contributed by atoms with E-state index in [2.05, 4.69) is 20.2 Å². The zero-order chi connectivity index (χ0) is 15.1. The van der Waals surface area contributed by atoms with E-state index in [9.17, 15) is 9.59 Å². The lowest BCUT2D eigenvalue weighted by molar-refractivity contribution is -0.121. The molecule has 1 aromatic rings. The normalized spacial score (nSPS) is 15.2. The molecule has 0 radical (unpaired) electrons. The first-order valence-corrected chi connectivity index (χ1v) is 7.48. The molecule has 1 amide bonds. The maximum absolute atomic E-state index is 11.7. The van der Waals surface area contributed by atoms with Crippen LogP contribution in [-0.4, -0.2) is 47.0 Å². The number of rotatable bonds is 7. The van der Waals surface area contributed by atoms with Crippen LogP contribution in [0.2, 0.25) is 0 Å². The van der Waals surface area contributed by atoms with Crippen molar-refractivity contribution in [2.24, 2.45) is 0 Å². The summed E-state index contributed by atoms with van der Waals surface area (Å²) in [6.45, 7) is 3.78. The monoisotopic (exact) mass is 293 g/mol. The van der Waals surface area contributed by atoms with Crippen molar-refractivity contribution < 1.29 is 4.79 Å². The maximum Gasteiger partial charge on any atom is 0.252 e. The highest BCUT2D eigenvalue weighted by Gasteiger charge is 2.11. The van der Waals surface area contributed by atoms with Gasteiger partial charge in [0.2, 0.25) is 5.91 Å². The Morgan fingerprint density at radius 2 is 2.19 bits per heavy atom. The number of carbonyl (C=O) groups excluding carboxylic acids is 1. The fourth-order valence-corrected chi connectivity index (χ4v) is 2.53. The first-order valence-electron chi connectivity index (χ1n) is 7.48. The van der Waals surface area contributed by atoms with Crippen molar-refractivity contribution in [2.45, 2.75) is 32.1 Å². The number of likely N-dealkylation sites (tertiary alicyclic amines) is 1. The Morgan fingerprint density at radius 1 is 1.43 bits per heavy atom. The molecule has 0 aromatic carbocycles. The van der Waals surface area contributed by atoms with Crippen LogP contribution in [0.25, 0.3) is 0 Å². The first-order chi connectivity index (χ1) is 10.1. The maximum atomic E-state index is 11.7. The van der Waals surface area contributed by atoms with Crippen molar-refractivity contribution in [1.82, 2.24) is 20.2 Å². The van der Waals surface area contributed by atoms with Crippen LogP contribution in [0.3, 0.4) is 0 Å². The van der Waals surface area contributed by atoms with E-state index in [0.717, 1.165) is 26.1 Å². The second-order valence-electron chi connectivity index (χ2n) is 5.37. The number of nitrogens with one attached hydrogen (secondary N) is 2. The van der Waals surface area contributed by atoms with E-state index < -0.39 is 0 Å². The molecule has 0 atom stereocenters. The number of aromatic nitrogens is 2. The van der Waals surface area contributed by atoms with Crippen LogP contribution in [0, 0.1) is 0 Å². The highest BCUT2D eigenvalue weighted by atomic mass is 16.1. The van der Waals surface area contributed by atoms with Gasteiger partial charge in [0, 0.05) is 25.5 Å². The summed E-state index contributed by atoms with van der Waals surface area (Å²) < 4.78 is 0. The summed E-state index contributed by atoms with van der Waals surface area (Å²) in [5, 5.41) is 2.84. The van der Waals surface area contributed by atoms with Gasteiger partial charge in [-0.1, -0.05) is 0 Å². The lowest BCUT2D eigenvalue weighted by Gasteiger charge is -2.13. The van der Waals surface area contributed by atoms with Crippen LogP contribution in [0.4, 0.5) is 5.82 Å². The number of hydrogen-bond acceptors (Lipinski definition) is 5. The molecule has 0 aliphatic carbocycles. The molecule has 1 aliphatic heterocycles. The molecule has 4 N–H and O–H groups in total. The van der Waals surface area contributed by atoms with Crippen molar-refractivity contribution in [1.29, 1.82) is 0 Å². The molecule has 0 spiro atoms. The van der Waals surface area contributed by atoms with Crippen LogP contribution < -0.4 is 16.6 Å². The summed E-state index contributed by atoms with van der Waals surface area (Å²) in [7, 11) is 0. The molecule has 1 fully saturated rings. The van der Waals surface area contributed by atoms with Gasteiger partial charge in [0.15, 0.2) is 0 Å². The second kappa shape index (κ2) is 7.78. The van der Waals surface area contributed by atoms with Crippen LogP contribution in [0.1, 0.15) is 31.5 Å². The molecule has 1 saturated heterocycles. The van der Waals surface area contributed by atoms with E-state index in [-0.39, 0.29) is 17.3 Å². The van der Waals surface area contributed by atoms with E-state index in [4.69, 9.17) is 5.73 Å². The van der Waals surface area contributed by atoms with Gasteiger partial charge < -0.3 is 20.9 Å². The summed E-state index contributed by atoms with van der Waals surface area (Å²) in [6, 6.07) is 1.24. The SMILES string of the molecule is Nc1cc(=O)[nH]c(CCNC(=O)CCCN2CCCC2)n1. The first kappa shape index (κ1) is 15.5. The predicted molar refractivity (Wildman–Crippen MR) is 80.9 cm³/mol. The van der Waals surface area contributed by atoms with E-state index in [0.29, 0.717) is 25.2 Å². The Morgan fingerprint density at radius 3 is 2.90 bits per heavy atom. The number of carbonyl (C=O) groups is 1. The lowest BCUT2D eigenvalue weighted by Crippen LogP contribution is -2.28. The minimum Gasteiger partial charge on any atom is -0.383 e. The fraction of sp³-hybridized carbons (Fsp3) is 0.643. The van der Waals surface area contributed by atoms with E-state index in [1.807, 2.05) is 0 Å². The molecular weight excluding hydrogens is 270 g/mol. The van der Waals surface area contributed by atoms with E-state index in [1.165, 1.54) is 18.9 Å². The number of amides is 1. The Labute approximate surface area is 123 Å². The number of nitrogen functional groups attached to an aromatic ring is 1. The van der Waals surface area contributed by atoms with E-state index in [1.54, 1.807) is 0 Å². The molecule has 7 heteroatoms. The Bertz CT molecular complexity index is 522. The molecule has 0 unspecified atom stereocenters.